The minimum atomic E-state index is -2.34. The fraction of sp³-hybridized carbons (Fsp3) is 0.614. The highest BCUT2D eigenvalue weighted by Crippen LogP contribution is 2.67. The average Bonchev–Trinajstić information content (AvgIpc) is 1.62. The summed E-state index contributed by atoms with van der Waals surface area (Å²) in [7, 11) is 0. The highest BCUT2D eigenvalue weighted by Gasteiger charge is 2.81. The molecule has 4 saturated heterocycles. The summed E-state index contributed by atoms with van der Waals surface area (Å²) < 4.78 is 92.5. The Morgan fingerprint density at radius 3 is 1.25 bits per heavy atom. The summed E-state index contributed by atoms with van der Waals surface area (Å²) in [5.41, 5.74) is -13.2. The molecule has 4 saturated carbocycles. The number of non-ortho nitro benzene ring substituents is 1. The molecule has 26 atom stereocenters. The Morgan fingerprint density at radius 2 is 0.867 bits per heavy atom. The highest BCUT2D eigenvalue weighted by molar-refractivity contribution is 5.96. The molecular formula is C114H151NO35. The summed E-state index contributed by atoms with van der Waals surface area (Å²) in [5.74, 6) is -11.3. The molecule has 5 aromatic carbocycles. The molecule has 0 spiro atoms. The molecule has 7 N–H and O–H groups in total. The van der Waals surface area contributed by atoms with Crippen LogP contribution >= 0.6 is 0 Å². The highest BCUT2D eigenvalue weighted by atomic mass is 16.8. The van der Waals surface area contributed by atoms with Gasteiger partial charge >= 0.3 is 48.1 Å². The van der Waals surface area contributed by atoms with E-state index in [-0.39, 0.29) is 111 Å². The number of carbonyl (C=O) groups is 10. The van der Waals surface area contributed by atoms with Crippen LogP contribution in [-0.2, 0) is 99.8 Å². The Labute approximate surface area is 876 Å². The van der Waals surface area contributed by atoms with E-state index in [9.17, 15) is 89.0 Å². The zero-order valence-corrected chi connectivity index (χ0v) is 87.5. The zero-order valence-electron chi connectivity index (χ0n) is 87.5. The summed E-state index contributed by atoms with van der Waals surface area (Å²) in [6, 6.07) is 38.8. The van der Waals surface area contributed by atoms with Crippen molar-refractivity contribution in [3.63, 3.8) is 0 Å². The summed E-state index contributed by atoms with van der Waals surface area (Å²) in [6.07, 6.45) is -2.63. The first-order valence-electron chi connectivity index (χ1n) is 52.3. The van der Waals surface area contributed by atoms with Crippen molar-refractivity contribution in [3.05, 3.63) is 200 Å². The number of fused-ring (bicyclic) bond motifs is 10. The largest absolute Gasteiger partial charge is 0.513 e. The zero-order chi connectivity index (χ0) is 108. The van der Waals surface area contributed by atoms with Gasteiger partial charge in [0, 0.05) is 74.3 Å². The molecule has 15 rings (SSSR count). The van der Waals surface area contributed by atoms with Gasteiger partial charge in [-0.1, -0.05) is 250 Å². The van der Waals surface area contributed by atoms with Crippen LogP contribution in [0.4, 0.5) is 15.3 Å². The van der Waals surface area contributed by atoms with Gasteiger partial charge < -0.3 is 112 Å². The van der Waals surface area contributed by atoms with Gasteiger partial charge in [-0.05, 0) is 117 Å². The molecule has 4 bridgehead atoms. The van der Waals surface area contributed by atoms with Gasteiger partial charge in [0.2, 0.25) is 6.10 Å². The number of Topliss-reactive ketones (excluding diaryl/α,β-unsaturated/α-hetero) is 2. The molecule has 0 amide bonds. The number of hydrogen-bond donors (Lipinski definition) is 7. The van der Waals surface area contributed by atoms with Crippen LogP contribution in [0, 0.1) is 43.6 Å². The molecule has 0 aromatic heterocycles. The standard InChI is InChI=1S/C61H86O16.C39H46O12.C13H15NO7.CH4/c1-8-9-10-11-12-13-14-15-16-17-18-19-20-21-28-33-48-70-36-44(73-48)37-71-57(68)75-51(39(2)42-29-24-22-25-30-42)56(67)74-45-35-61(69)54(76-55(66)43-31-26-23-27-32-43)52-59(7,53(65)50(64)49(40(45)3)58(61,5)6)46(63)34-47-60(52,38-72-47)77-41(4)62;1-20(23-13-9-7-10-14-23)29(42)35(46)49-25-18-39(47)33(50-34(45)24-15-11-8-12-16-24)31-37(6,32(44)30(43)28(21(25)2)36(39,4)5)26(41)17-27-38(31,19-48-27)51-22(3)40;1-2-12-18-7-11(20-12)8-19-13(15)21-10-5-3-9(4-6-10)14(16)17;/h22-27,29-32,39,44-48,50-52,54,63-64,69H,8-21,28,33-38H2,1-7H3;7-16,20,25-27,29-31,33,41-43,47H,17-19H2,1-6H3;3-6,11-12H,2,7-8H2,1H3;1H4/t39-,44?,45-,46-,47+,48?,50+,51+,52-,54-,59+,60-,61+;20-,25-,26-,27+,29+,30+,31-,33-,37+,38-,39+;;/m00../s1. The number of aliphatic hydroxyl groups is 7. The normalized spacial score (nSPS) is 31.3. The smallest absolute Gasteiger partial charge is 0.456 e. The summed E-state index contributed by atoms with van der Waals surface area (Å²) in [5, 5.41) is 96.8. The number of nitrogens with zero attached hydrogens (tertiary/aromatic N) is 1. The van der Waals surface area contributed by atoms with E-state index in [1.807, 2.05) is 6.92 Å². The Bertz CT molecular complexity index is 5540. The topological polar surface area (TPSA) is 503 Å². The van der Waals surface area contributed by atoms with Crippen LogP contribution in [0.1, 0.15) is 283 Å². The number of ketones is 2. The summed E-state index contributed by atoms with van der Waals surface area (Å²) >= 11 is 0. The molecule has 150 heavy (non-hydrogen) atoms. The number of nitro groups is 1. The number of unbranched alkanes of at least 4 members (excludes halogenated alkanes) is 14. The van der Waals surface area contributed by atoms with Gasteiger partial charge in [0.1, 0.15) is 91.2 Å². The number of hydrogen-bond acceptors (Lipinski definition) is 35. The van der Waals surface area contributed by atoms with Crippen LogP contribution in [0.5, 0.6) is 5.75 Å². The second kappa shape index (κ2) is 50.4. The third-order valence-corrected chi connectivity index (χ3v) is 32.7. The number of aliphatic hydroxyl groups excluding tert-OH is 5. The molecule has 4 heterocycles. The molecule has 4 aliphatic heterocycles. The lowest BCUT2D eigenvalue weighted by Gasteiger charge is -2.67. The Kier molecular flexibility index (Phi) is 39.6. The van der Waals surface area contributed by atoms with Crippen molar-refractivity contribution in [1.82, 2.24) is 0 Å². The first-order chi connectivity index (χ1) is 70.8. The number of nitro benzene ring substituents is 1. The lowest BCUT2D eigenvalue weighted by atomic mass is 9.44. The maximum atomic E-state index is 15.2. The molecule has 10 aliphatic rings. The van der Waals surface area contributed by atoms with E-state index in [4.69, 9.17) is 75.8 Å². The summed E-state index contributed by atoms with van der Waals surface area (Å²) in [6.45, 7) is 22.1. The van der Waals surface area contributed by atoms with Crippen molar-refractivity contribution in [2.45, 2.75) is 371 Å². The minimum Gasteiger partial charge on any atom is -0.456 e. The van der Waals surface area contributed by atoms with Gasteiger partial charge in [-0.2, -0.15) is 0 Å². The maximum absolute atomic E-state index is 15.2. The molecule has 36 heteroatoms. The van der Waals surface area contributed by atoms with Gasteiger partial charge in [-0.15, -0.1) is 0 Å². The van der Waals surface area contributed by atoms with E-state index >= 15 is 4.79 Å². The predicted molar refractivity (Wildman–Crippen MR) is 541 cm³/mol. The van der Waals surface area contributed by atoms with Crippen molar-refractivity contribution in [3.8, 4) is 5.75 Å². The Morgan fingerprint density at radius 1 is 0.487 bits per heavy atom. The monoisotopic (exact) mass is 2090 g/mol. The lowest BCUT2D eigenvalue weighted by molar-refractivity contribution is -0.384. The molecule has 5 aromatic rings. The fourth-order valence-corrected chi connectivity index (χ4v) is 23.9. The lowest BCUT2D eigenvalue weighted by Crippen LogP contribution is -2.81. The van der Waals surface area contributed by atoms with Crippen LogP contribution in [-0.4, -0.2) is 260 Å². The summed E-state index contributed by atoms with van der Waals surface area (Å²) in [4.78, 5) is 147. The van der Waals surface area contributed by atoms with E-state index in [0.717, 1.165) is 32.1 Å². The Hall–Kier alpha value is -10.8. The number of ether oxygens (including phenoxy) is 16. The molecule has 8 fully saturated rings. The third-order valence-electron chi connectivity index (χ3n) is 32.7. The van der Waals surface area contributed by atoms with Crippen molar-refractivity contribution in [2.75, 3.05) is 39.6 Å². The second-order valence-electron chi connectivity index (χ2n) is 42.7. The maximum Gasteiger partial charge on any atom is 0.513 e. The fourth-order valence-electron chi connectivity index (χ4n) is 23.9. The molecule has 36 nitrogen and oxygen atoms in total. The Balaban J connectivity index is 0.000000232. The van der Waals surface area contributed by atoms with E-state index in [1.54, 1.807) is 152 Å². The molecule has 6 aliphatic carbocycles. The molecule has 0 radical (unpaired) electrons. The van der Waals surface area contributed by atoms with Gasteiger partial charge in [0.05, 0.1) is 77.4 Å². The van der Waals surface area contributed by atoms with E-state index in [2.05, 4.69) is 6.92 Å². The van der Waals surface area contributed by atoms with Gasteiger partial charge in [-0.25, -0.2) is 28.8 Å². The van der Waals surface area contributed by atoms with Crippen molar-refractivity contribution >= 4 is 65.4 Å². The SMILES string of the molecule is C.CC(=O)O[C@@]12CO[C@@H]1C[C@H](O)[C@@]1(C)C(=O)[C@H](O)C3=C(C)[C@@H](OC(=O)[C@H](O)[C@@H](C)c4ccccc4)C[C@@](O)([C@@H](OC(=O)c4ccccc4)[C@H]21)C3(C)C.CCC1OCC(COC(=O)Oc2ccc([N+](=O)[O-])cc2)O1.CCCCCCCCCCCCCCCCCC1OCC(COC(=O)O[C@@H](C(=O)O[C@H]2C[C@@]3(O)[C@@H](OC(=O)c4ccccc4)[C@@H]4[C@]5(OC(C)=O)CO[C@@H]5C[C@H](O)[C@@]4(C)C(=O)[C@H](O)C(=C2C)C3(C)C)[C@@H](C)c2ccccc2)O1. The number of esters is 6. The quantitative estimate of drug-likeness (QED) is 0.00367. The van der Waals surface area contributed by atoms with E-state index < -0.39 is 231 Å². The van der Waals surface area contributed by atoms with Crippen LogP contribution < -0.4 is 4.74 Å². The van der Waals surface area contributed by atoms with Crippen molar-refractivity contribution in [1.29, 1.82) is 0 Å². The molecule has 4 unspecified atom stereocenters. The third kappa shape index (κ3) is 24.8. The van der Waals surface area contributed by atoms with Crippen LogP contribution in [0.2, 0.25) is 0 Å². The van der Waals surface area contributed by atoms with Crippen molar-refractivity contribution < 1.29 is 164 Å². The van der Waals surface area contributed by atoms with E-state index in [1.165, 1.54) is 153 Å². The number of rotatable bonds is 38. The van der Waals surface area contributed by atoms with Gasteiger partial charge in [0.25, 0.3) is 5.69 Å². The van der Waals surface area contributed by atoms with Gasteiger partial charge in [0.15, 0.2) is 41.5 Å². The first-order valence-corrected chi connectivity index (χ1v) is 52.3. The second-order valence-corrected chi connectivity index (χ2v) is 42.7. The van der Waals surface area contributed by atoms with Gasteiger partial charge in [-0.3, -0.25) is 29.3 Å². The van der Waals surface area contributed by atoms with Crippen LogP contribution in [0.15, 0.2) is 168 Å². The first kappa shape index (κ1) is 118. The number of benzene rings is 5. The molecular weight excluding hydrogens is 1940 g/mol. The molecule has 822 valence electrons. The van der Waals surface area contributed by atoms with Crippen LogP contribution in [0.3, 0.4) is 0 Å². The van der Waals surface area contributed by atoms with Crippen molar-refractivity contribution in [2.24, 2.45) is 33.5 Å². The van der Waals surface area contributed by atoms with E-state index in [0.29, 0.717) is 17.7 Å². The van der Waals surface area contributed by atoms with Crippen LogP contribution in [0.25, 0.3) is 0 Å². The average molecular weight is 2100 g/mol. The number of carbonyl (C=O) groups excluding carboxylic acids is 10. The minimum absolute atomic E-state index is 0. The predicted octanol–water partition coefficient (Wildman–Crippen LogP) is 15.7.